The first kappa shape index (κ1) is 18.7. The highest BCUT2D eigenvalue weighted by Gasteiger charge is 2.23. The lowest BCUT2D eigenvalue weighted by molar-refractivity contribution is -0.151. The molecule has 0 aliphatic rings. The van der Waals surface area contributed by atoms with Gasteiger partial charge in [0.15, 0.2) is 0 Å². The number of hydrogen-bond acceptors (Lipinski definition) is 4. The Bertz CT molecular complexity index is 515. The number of aliphatic carboxylic acids is 1. The molecule has 0 radical (unpaired) electrons. The molecule has 0 spiro atoms. The van der Waals surface area contributed by atoms with Crippen molar-refractivity contribution in [1.82, 2.24) is 5.32 Å². The predicted octanol–water partition coefficient (Wildman–Crippen LogP) is 2.27. The summed E-state index contributed by atoms with van der Waals surface area (Å²) in [5.74, 6) is -2.26. The summed E-state index contributed by atoms with van der Waals surface area (Å²) < 4.78 is 5.04. The molecule has 0 heterocycles. The van der Waals surface area contributed by atoms with Crippen LogP contribution in [0.5, 0.6) is 0 Å². The van der Waals surface area contributed by atoms with Crippen LogP contribution in [-0.2, 0) is 25.7 Å². The fourth-order valence-corrected chi connectivity index (χ4v) is 1.97. The minimum Gasteiger partial charge on any atom is -0.480 e. The molecule has 1 aromatic rings. The Kier molecular flexibility index (Phi) is 8.42. The molecule has 23 heavy (non-hydrogen) atoms. The molecular formula is C17H23NO5. The summed E-state index contributed by atoms with van der Waals surface area (Å²) in [4.78, 5) is 34.6. The molecule has 6 heteroatoms. The van der Waals surface area contributed by atoms with E-state index in [1.807, 2.05) is 25.1 Å². The van der Waals surface area contributed by atoms with E-state index in [4.69, 9.17) is 9.84 Å². The highest BCUT2D eigenvalue weighted by Crippen LogP contribution is 2.04. The SMILES string of the molecule is CCCCCC(=O)N[C@@H](CC(=O)OCc1ccccc1)C(=O)O. The van der Waals surface area contributed by atoms with Crippen LogP contribution in [0.25, 0.3) is 0 Å². The number of carbonyl (C=O) groups excluding carboxylic acids is 2. The number of unbranched alkanes of at least 4 members (excludes halogenated alkanes) is 2. The molecule has 0 saturated heterocycles. The van der Waals surface area contributed by atoms with Gasteiger partial charge in [-0.1, -0.05) is 50.1 Å². The van der Waals surface area contributed by atoms with Gasteiger partial charge in [0.1, 0.15) is 12.6 Å². The molecule has 2 N–H and O–H groups in total. The first-order chi connectivity index (χ1) is 11.0. The smallest absolute Gasteiger partial charge is 0.326 e. The summed E-state index contributed by atoms with van der Waals surface area (Å²) in [5, 5.41) is 11.5. The van der Waals surface area contributed by atoms with Crippen LogP contribution in [-0.4, -0.2) is 29.0 Å². The van der Waals surface area contributed by atoms with Crippen molar-refractivity contribution >= 4 is 17.8 Å². The molecule has 1 rings (SSSR count). The summed E-state index contributed by atoms with van der Waals surface area (Å²) in [6, 6.07) is 7.83. The van der Waals surface area contributed by atoms with Crippen LogP contribution < -0.4 is 5.32 Å². The molecule has 1 aromatic carbocycles. The Morgan fingerprint density at radius 2 is 1.87 bits per heavy atom. The molecule has 0 fully saturated rings. The molecule has 0 saturated carbocycles. The molecular weight excluding hydrogens is 298 g/mol. The zero-order valence-electron chi connectivity index (χ0n) is 13.3. The van der Waals surface area contributed by atoms with Gasteiger partial charge in [-0.05, 0) is 12.0 Å². The Balaban J connectivity index is 2.40. The molecule has 0 bridgehead atoms. The van der Waals surface area contributed by atoms with Crippen molar-refractivity contribution in [2.45, 2.75) is 51.7 Å². The molecule has 1 amide bonds. The van der Waals surface area contributed by atoms with Gasteiger partial charge in [0, 0.05) is 6.42 Å². The molecule has 126 valence electrons. The van der Waals surface area contributed by atoms with Crippen molar-refractivity contribution < 1.29 is 24.2 Å². The Morgan fingerprint density at radius 1 is 1.17 bits per heavy atom. The summed E-state index contributed by atoms with van der Waals surface area (Å²) in [5.41, 5.74) is 0.816. The summed E-state index contributed by atoms with van der Waals surface area (Å²) in [6.07, 6.45) is 2.46. The number of rotatable bonds is 10. The molecule has 0 aliphatic heterocycles. The van der Waals surface area contributed by atoms with Gasteiger partial charge in [0.2, 0.25) is 5.91 Å². The van der Waals surface area contributed by atoms with E-state index < -0.39 is 18.0 Å². The Hall–Kier alpha value is -2.37. The fourth-order valence-electron chi connectivity index (χ4n) is 1.97. The molecule has 1 atom stereocenters. The Labute approximate surface area is 135 Å². The van der Waals surface area contributed by atoms with Crippen LogP contribution in [0.2, 0.25) is 0 Å². The molecule has 0 aliphatic carbocycles. The highest BCUT2D eigenvalue weighted by molar-refractivity contribution is 5.87. The number of carboxylic acids is 1. The van der Waals surface area contributed by atoms with Crippen LogP contribution in [0.1, 0.15) is 44.6 Å². The topological polar surface area (TPSA) is 92.7 Å². The van der Waals surface area contributed by atoms with Gasteiger partial charge in [0.25, 0.3) is 0 Å². The van der Waals surface area contributed by atoms with E-state index in [0.29, 0.717) is 6.42 Å². The average Bonchev–Trinajstić information content (AvgIpc) is 2.53. The van der Waals surface area contributed by atoms with Gasteiger partial charge in [-0.2, -0.15) is 0 Å². The van der Waals surface area contributed by atoms with Crippen molar-refractivity contribution in [1.29, 1.82) is 0 Å². The molecule has 0 unspecified atom stereocenters. The van der Waals surface area contributed by atoms with Crippen molar-refractivity contribution in [3.63, 3.8) is 0 Å². The first-order valence-corrected chi connectivity index (χ1v) is 7.74. The van der Waals surface area contributed by atoms with Crippen LogP contribution >= 0.6 is 0 Å². The number of nitrogens with one attached hydrogen (secondary N) is 1. The normalized spacial score (nSPS) is 11.5. The summed E-state index contributed by atoms with van der Waals surface area (Å²) >= 11 is 0. The van der Waals surface area contributed by atoms with Gasteiger partial charge in [-0.15, -0.1) is 0 Å². The maximum Gasteiger partial charge on any atom is 0.326 e. The predicted molar refractivity (Wildman–Crippen MR) is 84.6 cm³/mol. The van der Waals surface area contributed by atoms with Crippen molar-refractivity contribution in [3.8, 4) is 0 Å². The number of hydrogen-bond donors (Lipinski definition) is 2. The van der Waals surface area contributed by atoms with Crippen molar-refractivity contribution in [3.05, 3.63) is 35.9 Å². The minimum absolute atomic E-state index is 0.0798. The second-order valence-corrected chi connectivity index (χ2v) is 5.27. The van der Waals surface area contributed by atoms with Gasteiger partial charge in [-0.25, -0.2) is 4.79 Å². The van der Waals surface area contributed by atoms with Crippen molar-refractivity contribution in [2.75, 3.05) is 0 Å². The van der Waals surface area contributed by atoms with Crippen LogP contribution in [0, 0.1) is 0 Å². The summed E-state index contributed by atoms with van der Waals surface area (Å²) in [7, 11) is 0. The van der Waals surface area contributed by atoms with Crippen LogP contribution in [0.4, 0.5) is 0 Å². The standard InChI is InChI=1S/C17H23NO5/c1-2-3-5-10-15(19)18-14(17(21)22)11-16(20)23-12-13-8-6-4-7-9-13/h4,6-9,14H,2-3,5,10-12H2,1H3,(H,18,19)(H,21,22)/t14-/m0/s1. The zero-order valence-corrected chi connectivity index (χ0v) is 13.3. The Morgan fingerprint density at radius 3 is 2.48 bits per heavy atom. The fraction of sp³-hybridized carbons (Fsp3) is 0.471. The van der Waals surface area contributed by atoms with E-state index in [1.54, 1.807) is 12.1 Å². The van der Waals surface area contributed by atoms with E-state index in [-0.39, 0.29) is 25.4 Å². The quantitative estimate of drug-likeness (QED) is 0.509. The monoisotopic (exact) mass is 321 g/mol. The van der Waals surface area contributed by atoms with E-state index in [2.05, 4.69) is 5.32 Å². The second kappa shape index (κ2) is 10.4. The van der Waals surface area contributed by atoms with E-state index in [0.717, 1.165) is 18.4 Å². The lowest BCUT2D eigenvalue weighted by atomic mass is 10.1. The van der Waals surface area contributed by atoms with E-state index in [9.17, 15) is 14.4 Å². The van der Waals surface area contributed by atoms with Gasteiger partial charge in [-0.3, -0.25) is 9.59 Å². The van der Waals surface area contributed by atoms with Crippen LogP contribution in [0.15, 0.2) is 30.3 Å². The largest absolute Gasteiger partial charge is 0.480 e. The van der Waals surface area contributed by atoms with Crippen molar-refractivity contribution in [2.24, 2.45) is 0 Å². The average molecular weight is 321 g/mol. The van der Waals surface area contributed by atoms with E-state index in [1.165, 1.54) is 0 Å². The highest BCUT2D eigenvalue weighted by atomic mass is 16.5. The maximum absolute atomic E-state index is 11.7. The number of esters is 1. The van der Waals surface area contributed by atoms with Gasteiger partial charge < -0.3 is 15.2 Å². The number of benzene rings is 1. The third kappa shape index (κ3) is 7.99. The maximum atomic E-state index is 11.7. The second-order valence-electron chi connectivity index (χ2n) is 5.27. The van der Waals surface area contributed by atoms with Gasteiger partial charge in [0.05, 0.1) is 6.42 Å². The zero-order chi connectivity index (χ0) is 17.1. The third-order valence-electron chi connectivity index (χ3n) is 3.25. The lowest BCUT2D eigenvalue weighted by Gasteiger charge is -2.14. The minimum atomic E-state index is -1.26. The van der Waals surface area contributed by atoms with Gasteiger partial charge >= 0.3 is 11.9 Å². The lowest BCUT2D eigenvalue weighted by Crippen LogP contribution is -2.42. The van der Waals surface area contributed by atoms with E-state index >= 15 is 0 Å². The number of carbonyl (C=O) groups is 3. The third-order valence-corrected chi connectivity index (χ3v) is 3.25. The molecule has 6 nitrogen and oxygen atoms in total. The number of carboxylic acid groups (broad SMARTS) is 1. The number of ether oxygens (including phenoxy) is 1. The summed E-state index contributed by atoms with van der Waals surface area (Å²) in [6.45, 7) is 2.09. The number of amides is 1. The first-order valence-electron chi connectivity index (χ1n) is 7.74. The molecule has 0 aromatic heterocycles. The van der Waals surface area contributed by atoms with Crippen LogP contribution in [0.3, 0.4) is 0 Å².